The number of nitrogens with one attached hydrogen (secondary N) is 1. The molecule has 0 radical (unpaired) electrons. The summed E-state index contributed by atoms with van der Waals surface area (Å²) in [6, 6.07) is 16.5. The number of carbonyl (C=O) groups excluding carboxylic acids is 2. The molecular weight excluding hydrogens is 370 g/mol. The van der Waals surface area contributed by atoms with Gasteiger partial charge >= 0.3 is 5.97 Å². The Morgan fingerprint density at radius 1 is 1.03 bits per heavy atom. The van der Waals surface area contributed by atoms with Gasteiger partial charge in [-0.15, -0.1) is 0 Å². The normalized spacial score (nSPS) is 10.9. The molecule has 0 saturated heterocycles. The first kappa shape index (κ1) is 18.5. The zero-order valence-electron chi connectivity index (χ0n) is 15.8. The van der Waals surface area contributed by atoms with Gasteiger partial charge < -0.3 is 19.8 Å². The second kappa shape index (κ2) is 7.63. The minimum absolute atomic E-state index is 0.207. The molecule has 4 rings (SSSR count). The number of esters is 1. The van der Waals surface area contributed by atoms with Gasteiger partial charge in [-0.2, -0.15) is 4.73 Å². The van der Waals surface area contributed by atoms with Crippen LogP contribution < -0.4 is 10.0 Å². The zero-order valence-corrected chi connectivity index (χ0v) is 15.8. The molecule has 29 heavy (non-hydrogen) atoms. The topological polar surface area (TPSA) is 87.3 Å². The van der Waals surface area contributed by atoms with Gasteiger partial charge in [0, 0.05) is 46.2 Å². The minimum Gasteiger partial charge on any atom is -0.619 e. The van der Waals surface area contributed by atoms with Crippen molar-refractivity contribution in [2.75, 3.05) is 11.9 Å². The van der Waals surface area contributed by atoms with Crippen molar-refractivity contribution in [3.63, 3.8) is 0 Å². The van der Waals surface area contributed by atoms with E-state index >= 15 is 0 Å². The molecule has 2 heterocycles. The molecular formula is C22H19N3O4. The fourth-order valence-electron chi connectivity index (χ4n) is 3.43. The van der Waals surface area contributed by atoms with Crippen LogP contribution >= 0.6 is 0 Å². The molecule has 0 aliphatic rings. The average molecular weight is 389 g/mol. The predicted octanol–water partition coefficient (Wildman–Crippen LogP) is 3.24. The molecule has 1 amide bonds. The summed E-state index contributed by atoms with van der Waals surface area (Å²) in [6.07, 6.45) is 2.39. The number of aromatic nitrogens is 2. The van der Waals surface area contributed by atoms with Crippen LogP contribution in [0, 0.1) is 5.21 Å². The minimum atomic E-state index is -0.665. The number of hydrogen-bond donors (Lipinski definition) is 1. The summed E-state index contributed by atoms with van der Waals surface area (Å²) in [7, 11) is 0. The SMILES string of the molecule is CCn1c2ccccc2c2cc(NC(=O)COC(=O)c3cc[n+]([O-])cc3)ccc21. The van der Waals surface area contributed by atoms with Gasteiger partial charge in [-0.25, -0.2) is 4.79 Å². The molecule has 0 aliphatic heterocycles. The van der Waals surface area contributed by atoms with E-state index in [1.165, 1.54) is 24.5 Å². The van der Waals surface area contributed by atoms with Gasteiger partial charge in [-0.05, 0) is 31.2 Å². The number of rotatable bonds is 5. The summed E-state index contributed by atoms with van der Waals surface area (Å²) in [5.74, 6) is -1.10. The fraction of sp³-hybridized carbons (Fsp3) is 0.136. The number of para-hydroxylation sites is 1. The van der Waals surface area contributed by atoms with Gasteiger partial charge in [0.2, 0.25) is 0 Å². The number of pyridine rings is 1. The van der Waals surface area contributed by atoms with Crippen LogP contribution in [-0.2, 0) is 16.1 Å². The Balaban J connectivity index is 1.49. The fourth-order valence-corrected chi connectivity index (χ4v) is 3.43. The lowest BCUT2D eigenvalue weighted by Gasteiger charge is -2.08. The second-order valence-corrected chi connectivity index (χ2v) is 6.56. The van der Waals surface area contributed by atoms with E-state index in [1.807, 2.05) is 30.3 Å². The number of carbonyl (C=O) groups is 2. The third-order valence-corrected chi connectivity index (χ3v) is 4.74. The van der Waals surface area contributed by atoms with Gasteiger partial charge in [-0.1, -0.05) is 18.2 Å². The van der Waals surface area contributed by atoms with Gasteiger partial charge in [0.25, 0.3) is 5.91 Å². The second-order valence-electron chi connectivity index (χ2n) is 6.56. The molecule has 0 unspecified atom stereocenters. The zero-order chi connectivity index (χ0) is 20.4. The molecule has 7 nitrogen and oxygen atoms in total. The number of nitrogens with zero attached hydrogens (tertiary/aromatic N) is 2. The first-order chi connectivity index (χ1) is 14.1. The van der Waals surface area contributed by atoms with Crippen molar-refractivity contribution in [1.29, 1.82) is 0 Å². The lowest BCUT2D eigenvalue weighted by molar-refractivity contribution is -0.605. The Morgan fingerprint density at radius 3 is 2.52 bits per heavy atom. The van der Waals surface area contributed by atoms with E-state index in [1.54, 1.807) is 0 Å². The molecule has 0 atom stereocenters. The maximum Gasteiger partial charge on any atom is 0.339 e. The Labute approximate surface area is 166 Å². The van der Waals surface area contributed by atoms with Crippen LogP contribution in [-0.4, -0.2) is 23.1 Å². The van der Waals surface area contributed by atoms with Crippen LogP contribution in [0.2, 0.25) is 0 Å². The molecule has 0 saturated carbocycles. The number of hydrogen-bond acceptors (Lipinski definition) is 4. The highest BCUT2D eigenvalue weighted by atomic mass is 16.5. The van der Waals surface area contributed by atoms with Crippen molar-refractivity contribution in [2.45, 2.75) is 13.5 Å². The monoisotopic (exact) mass is 389 g/mol. The lowest BCUT2D eigenvalue weighted by Crippen LogP contribution is -2.25. The predicted molar refractivity (Wildman–Crippen MR) is 109 cm³/mol. The molecule has 7 heteroatoms. The molecule has 2 aromatic carbocycles. The van der Waals surface area contributed by atoms with Gasteiger partial charge in [0.15, 0.2) is 19.0 Å². The number of ether oxygens (including phenoxy) is 1. The molecule has 146 valence electrons. The summed E-state index contributed by atoms with van der Waals surface area (Å²) >= 11 is 0. The highest BCUT2D eigenvalue weighted by Gasteiger charge is 2.13. The molecule has 0 fully saturated rings. The number of aryl methyl sites for hydroxylation is 1. The summed E-state index contributed by atoms with van der Waals surface area (Å²) in [5.41, 5.74) is 3.07. The van der Waals surface area contributed by atoms with Crippen molar-refractivity contribution in [1.82, 2.24) is 4.57 Å². The number of fused-ring (bicyclic) bond motifs is 3. The van der Waals surface area contributed by atoms with Crippen molar-refractivity contribution in [3.8, 4) is 0 Å². The molecule has 0 spiro atoms. The average Bonchev–Trinajstić information content (AvgIpc) is 3.05. The van der Waals surface area contributed by atoms with Crippen LogP contribution in [0.15, 0.2) is 67.0 Å². The van der Waals surface area contributed by atoms with Crippen molar-refractivity contribution in [2.24, 2.45) is 0 Å². The van der Waals surface area contributed by atoms with E-state index in [0.717, 1.165) is 28.4 Å². The standard InChI is InChI=1S/C22H19N3O4/c1-2-25-19-6-4-3-5-17(19)18-13-16(7-8-20(18)25)23-21(26)14-29-22(27)15-9-11-24(28)12-10-15/h3-13H,2,14H2,1H3,(H,23,26). The van der Waals surface area contributed by atoms with Gasteiger partial charge in [0.05, 0.1) is 5.56 Å². The van der Waals surface area contributed by atoms with Crippen molar-refractivity contribution >= 4 is 39.4 Å². The quantitative estimate of drug-likeness (QED) is 0.322. The van der Waals surface area contributed by atoms with Gasteiger partial charge in [0.1, 0.15) is 0 Å². The number of amides is 1. The van der Waals surface area contributed by atoms with Crippen LogP contribution in [0.3, 0.4) is 0 Å². The highest BCUT2D eigenvalue weighted by molar-refractivity contribution is 6.10. The third-order valence-electron chi connectivity index (χ3n) is 4.74. The molecule has 0 aliphatic carbocycles. The third kappa shape index (κ3) is 3.62. The Bertz CT molecular complexity index is 1210. The lowest BCUT2D eigenvalue weighted by atomic mass is 10.1. The van der Waals surface area contributed by atoms with Crippen molar-refractivity contribution in [3.05, 3.63) is 77.8 Å². The molecule has 1 N–H and O–H groups in total. The number of benzene rings is 2. The Morgan fingerprint density at radius 2 is 1.76 bits per heavy atom. The smallest absolute Gasteiger partial charge is 0.339 e. The maximum atomic E-state index is 12.2. The van der Waals surface area contributed by atoms with E-state index in [4.69, 9.17) is 4.74 Å². The largest absolute Gasteiger partial charge is 0.619 e. The van der Waals surface area contributed by atoms with Crippen LogP contribution in [0.5, 0.6) is 0 Å². The van der Waals surface area contributed by atoms with E-state index in [2.05, 4.69) is 28.9 Å². The first-order valence-electron chi connectivity index (χ1n) is 9.23. The van der Waals surface area contributed by atoms with Crippen LogP contribution in [0.25, 0.3) is 21.8 Å². The summed E-state index contributed by atoms with van der Waals surface area (Å²) in [6.45, 7) is 2.52. The first-order valence-corrected chi connectivity index (χ1v) is 9.23. The Kier molecular flexibility index (Phi) is 4.87. The van der Waals surface area contributed by atoms with E-state index < -0.39 is 18.5 Å². The van der Waals surface area contributed by atoms with Crippen LogP contribution in [0.1, 0.15) is 17.3 Å². The highest BCUT2D eigenvalue weighted by Crippen LogP contribution is 2.30. The molecule has 0 bridgehead atoms. The van der Waals surface area contributed by atoms with E-state index in [-0.39, 0.29) is 5.56 Å². The summed E-state index contributed by atoms with van der Waals surface area (Å²) in [5, 5.41) is 15.9. The molecule has 2 aromatic heterocycles. The van der Waals surface area contributed by atoms with Crippen LogP contribution in [0.4, 0.5) is 5.69 Å². The summed E-state index contributed by atoms with van der Waals surface area (Å²) < 4.78 is 7.81. The van der Waals surface area contributed by atoms with E-state index in [9.17, 15) is 14.8 Å². The van der Waals surface area contributed by atoms with E-state index in [0.29, 0.717) is 10.4 Å². The Hall–Kier alpha value is -3.87. The molecule has 4 aromatic rings. The number of anilines is 1. The summed E-state index contributed by atoms with van der Waals surface area (Å²) in [4.78, 5) is 24.2. The maximum absolute atomic E-state index is 12.2. The van der Waals surface area contributed by atoms with Gasteiger partial charge in [-0.3, -0.25) is 4.79 Å². The van der Waals surface area contributed by atoms with Crippen molar-refractivity contribution < 1.29 is 19.1 Å².